The number of hydrogen-bond donors (Lipinski definition) is 2. The van der Waals surface area contributed by atoms with Crippen LogP contribution in [0, 0.1) is 16.7 Å². The van der Waals surface area contributed by atoms with Crippen LogP contribution in [0.4, 0.5) is 13.6 Å². The first-order valence-corrected chi connectivity index (χ1v) is 12.7. The van der Waals surface area contributed by atoms with Crippen LogP contribution in [0.3, 0.4) is 0 Å². The van der Waals surface area contributed by atoms with E-state index in [0.29, 0.717) is 31.5 Å². The molecule has 0 bridgehead atoms. The number of likely N-dealkylation sites (tertiary alicyclic amines) is 2. The number of amides is 3. The van der Waals surface area contributed by atoms with E-state index in [2.05, 4.69) is 15.5 Å². The van der Waals surface area contributed by atoms with Crippen molar-refractivity contribution in [3.8, 4) is 6.07 Å². The molecule has 4 aliphatic rings. The van der Waals surface area contributed by atoms with Crippen LogP contribution in [-0.4, -0.2) is 71.5 Å². The zero-order chi connectivity index (χ0) is 24.7. The molecule has 2 aliphatic heterocycles. The minimum Gasteiger partial charge on any atom is -0.336 e. The molecule has 7 nitrogen and oxygen atoms in total. The second kappa shape index (κ2) is 9.05. The summed E-state index contributed by atoms with van der Waals surface area (Å²) in [7, 11) is 0. The van der Waals surface area contributed by atoms with Gasteiger partial charge in [0.15, 0.2) is 0 Å². The minimum atomic E-state index is -3.20. The minimum absolute atomic E-state index is 0.108. The van der Waals surface area contributed by atoms with E-state index in [1.165, 1.54) is 12.8 Å². The molecule has 1 aromatic carbocycles. The third-order valence-electron chi connectivity index (χ3n) is 8.01. The number of carbonyl (C=O) groups is 2. The SMILES string of the molecule is N#CC1(NC(=O)C(CC(F)(F)Cc2ccccc2)NC(=O)N2CC3(CCN(C4CC4)CC3)C2)CC1. The van der Waals surface area contributed by atoms with Crippen molar-refractivity contribution in [3.05, 3.63) is 35.9 Å². The predicted molar refractivity (Wildman–Crippen MR) is 126 cm³/mol. The number of alkyl halides is 2. The van der Waals surface area contributed by atoms with Gasteiger partial charge in [0.25, 0.3) is 5.92 Å². The van der Waals surface area contributed by atoms with Gasteiger partial charge in [0.05, 0.1) is 6.07 Å². The van der Waals surface area contributed by atoms with E-state index in [9.17, 15) is 23.6 Å². The lowest BCUT2D eigenvalue weighted by atomic mass is 9.72. The molecule has 2 N–H and O–H groups in total. The summed E-state index contributed by atoms with van der Waals surface area (Å²) in [5.41, 5.74) is -0.428. The summed E-state index contributed by atoms with van der Waals surface area (Å²) in [6.45, 7) is 3.28. The van der Waals surface area contributed by atoms with Crippen LogP contribution >= 0.6 is 0 Å². The van der Waals surface area contributed by atoms with Gasteiger partial charge in [-0.15, -0.1) is 0 Å². The Morgan fingerprint density at radius 1 is 1.11 bits per heavy atom. The maximum Gasteiger partial charge on any atom is 0.318 e. The molecule has 2 aliphatic carbocycles. The summed E-state index contributed by atoms with van der Waals surface area (Å²) in [6, 6.07) is 9.25. The second-order valence-electron chi connectivity index (χ2n) is 11.0. The maximum absolute atomic E-state index is 15.0. The highest BCUT2D eigenvalue weighted by atomic mass is 19.3. The van der Waals surface area contributed by atoms with Gasteiger partial charge in [0, 0.05) is 37.4 Å². The van der Waals surface area contributed by atoms with Crippen molar-refractivity contribution in [1.82, 2.24) is 20.4 Å². The Bertz CT molecular complexity index is 987. The van der Waals surface area contributed by atoms with Crippen LogP contribution < -0.4 is 10.6 Å². The number of hydrogen-bond acceptors (Lipinski definition) is 4. The molecule has 35 heavy (non-hydrogen) atoms. The number of piperidine rings is 1. The van der Waals surface area contributed by atoms with E-state index in [-0.39, 0.29) is 5.41 Å². The van der Waals surface area contributed by atoms with Crippen LogP contribution in [-0.2, 0) is 11.2 Å². The van der Waals surface area contributed by atoms with Gasteiger partial charge >= 0.3 is 6.03 Å². The number of nitrogens with one attached hydrogen (secondary N) is 2. The number of nitrogens with zero attached hydrogens (tertiary/aromatic N) is 3. The van der Waals surface area contributed by atoms with Crippen molar-refractivity contribution in [2.24, 2.45) is 5.41 Å². The molecule has 0 radical (unpaired) electrons. The predicted octanol–water partition coefficient (Wildman–Crippen LogP) is 3.07. The van der Waals surface area contributed by atoms with E-state index >= 15 is 0 Å². The molecule has 188 valence electrons. The summed E-state index contributed by atoms with van der Waals surface area (Å²) in [4.78, 5) is 30.0. The number of carbonyl (C=O) groups excluding carboxylic acids is 2. The van der Waals surface area contributed by atoms with Crippen LogP contribution in [0.15, 0.2) is 30.3 Å². The fourth-order valence-electron chi connectivity index (χ4n) is 5.45. The van der Waals surface area contributed by atoms with Crippen molar-refractivity contribution < 1.29 is 18.4 Å². The molecular weight excluding hydrogens is 452 g/mol. The fourth-order valence-corrected chi connectivity index (χ4v) is 5.45. The zero-order valence-corrected chi connectivity index (χ0v) is 19.9. The summed E-state index contributed by atoms with van der Waals surface area (Å²) in [6.07, 6.45) is 4.27. The second-order valence-corrected chi connectivity index (χ2v) is 11.0. The lowest BCUT2D eigenvalue weighted by molar-refractivity contribution is -0.126. The zero-order valence-electron chi connectivity index (χ0n) is 19.9. The van der Waals surface area contributed by atoms with E-state index in [1.54, 1.807) is 35.2 Å². The molecule has 0 aromatic heterocycles. The summed E-state index contributed by atoms with van der Waals surface area (Å²) in [5.74, 6) is -3.93. The average Bonchev–Trinajstić information content (AvgIpc) is 3.73. The van der Waals surface area contributed by atoms with Crippen LogP contribution in [0.25, 0.3) is 0 Å². The Hall–Kier alpha value is -2.73. The third kappa shape index (κ3) is 5.58. The Morgan fingerprint density at radius 3 is 2.34 bits per heavy atom. The lowest BCUT2D eigenvalue weighted by Crippen LogP contribution is -2.65. The summed E-state index contributed by atoms with van der Waals surface area (Å²) < 4.78 is 30.0. The lowest BCUT2D eigenvalue weighted by Gasteiger charge is -2.54. The molecule has 3 amide bonds. The summed E-state index contributed by atoms with van der Waals surface area (Å²) in [5, 5.41) is 14.5. The molecule has 1 unspecified atom stereocenters. The van der Waals surface area contributed by atoms with Crippen LogP contribution in [0.1, 0.15) is 50.5 Å². The highest BCUT2D eigenvalue weighted by Crippen LogP contribution is 2.43. The molecule has 2 saturated heterocycles. The molecule has 1 atom stereocenters. The molecule has 9 heteroatoms. The van der Waals surface area contributed by atoms with Crippen LogP contribution in [0.2, 0.25) is 0 Å². The largest absolute Gasteiger partial charge is 0.336 e. The molecule has 1 spiro atoms. The molecule has 4 fully saturated rings. The quantitative estimate of drug-likeness (QED) is 0.593. The van der Waals surface area contributed by atoms with Gasteiger partial charge < -0.3 is 20.4 Å². The maximum atomic E-state index is 15.0. The first-order valence-electron chi connectivity index (χ1n) is 12.7. The molecule has 1 aromatic rings. The van der Waals surface area contributed by atoms with Gasteiger partial charge in [-0.05, 0) is 57.2 Å². The number of halogens is 2. The monoisotopic (exact) mass is 485 g/mol. The topological polar surface area (TPSA) is 88.5 Å². The van der Waals surface area contributed by atoms with Gasteiger partial charge in [0.1, 0.15) is 11.6 Å². The van der Waals surface area contributed by atoms with Crippen molar-refractivity contribution >= 4 is 11.9 Å². The molecule has 2 heterocycles. The van der Waals surface area contributed by atoms with Crippen molar-refractivity contribution in [1.29, 1.82) is 5.26 Å². The molecular formula is C26H33F2N5O2. The standard InChI is InChI=1S/C26H33F2N5O2/c27-26(28,14-19-4-2-1-3-5-19)15-21(22(34)31-25(16-29)8-9-25)30-23(35)33-17-24(18-33)10-12-32(13-11-24)20-6-7-20/h1-5,20-21H,6-15,17-18H2,(H,30,35)(H,31,34). The Morgan fingerprint density at radius 2 is 1.77 bits per heavy atom. The van der Waals surface area contributed by atoms with Crippen molar-refractivity contribution in [2.75, 3.05) is 26.2 Å². The summed E-state index contributed by atoms with van der Waals surface area (Å²) >= 11 is 0. The number of nitriles is 1. The first-order chi connectivity index (χ1) is 16.7. The van der Waals surface area contributed by atoms with Gasteiger partial charge in [-0.3, -0.25) is 4.79 Å². The van der Waals surface area contributed by atoms with Gasteiger partial charge in [0.2, 0.25) is 5.91 Å². The Labute approximate surface area is 204 Å². The van der Waals surface area contributed by atoms with E-state index in [1.807, 2.05) is 6.07 Å². The van der Waals surface area contributed by atoms with E-state index in [0.717, 1.165) is 32.0 Å². The fraction of sp³-hybridized carbons (Fsp3) is 0.654. The highest BCUT2D eigenvalue weighted by Gasteiger charge is 2.50. The highest BCUT2D eigenvalue weighted by molar-refractivity contribution is 5.88. The smallest absolute Gasteiger partial charge is 0.318 e. The van der Waals surface area contributed by atoms with Gasteiger partial charge in [-0.25, -0.2) is 13.6 Å². The number of rotatable bonds is 8. The number of benzene rings is 1. The Balaban J connectivity index is 1.20. The van der Waals surface area contributed by atoms with Gasteiger partial charge in [-0.2, -0.15) is 5.26 Å². The molecule has 2 saturated carbocycles. The van der Waals surface area contributed by atoms with Crippen LogP contribution in [0.5, 0.6) is 0 Å². The molecule has 5 rings (SSSR count). The first kappa shape index (κ1) is 24.0. The van der Waals surface area contributed by atoms with Crippen molar-refractivity contribution in [3.63, 3.8) is 0 Å². The van der Waals surface area contributed by atoms with Gasteiger partial charge in [-0.1, -0.05) is 30.3 Å². The Kier molecular flexibility index (Phi) is 6.20. The average molecular weight is 486 g/mol. The number of urea groups is 1. The van der Waals surface area contributed by atoms with Crippen molar-refractivity contribution in [2.45, 2.75) is 74.9 Å². The third-order valence-corrected chi connectivity index (χ3v) is 8.01. The normalized spacial score (nSPS) is 23.6. The van der Waals surface area contributed by atoms with E-state index < -0.39 is 42.3 Å². The van der Waals surface area contributed by atoms with E-state index in [4.69, 9.17) is 0 Å².